The van der Waals surface area contributed by atoms with Gasteiger partial charge in [0.05, 0.1) is 24.0 Å². The van der Waals surface area contributed by atoms with E-state index in [9.17, 15) is 0 Å². The van der Waals surface area contributed by atoms with Gasteiger partial charge in [-0.3, -0.25) is 0 Å². The molecule has 0 aliphatic heterocycles. The van der Waals surface area contributed by atoms with Crippen molar-refractivity contribution in [2.75, 3.05) is 0 Å². The Balaban J connectivity index is 2.26. The molecule has 1 aliphatic carbocycles. The van der Waals surface area contributed by atoms with Crippen molar-refractivity contribution in [3.05, 3.63) is 35.4 Å². The molecule has 0 spiro atoms. The molecule has 1 aromatic rings. The number of benzene rings is 1. The van der Waals surface area contributed by atoms with Gasteiger partial charge in [0.1, 0.15) is 0 Å². The number of nitriles is 2. The third-order valence-electron chi connectivity index (χ3n) is 2.78. The highest BCUT2D eigenvalue weighted by molar-refractivity contribution is 5.45. The van der Waals surface area contributed by atoms with Gasteiger partial charge in [0.25, 0.3) is 0 Å². The Bertz CT molecular complexity index is 543. The summed E-state index contributed by atoms with van der Waals surface area (Å²) in [6.07, 6.45) is 2.13. The van der Waals surface area contributed by atoms with Gasteiger partial charge in [0.15, 0.2) is 0 Å². The minimum atomic E-state index is -0.257. The molecule has 0 bridgehead atoms. The van der Waals surface area contributed by atoms with Gasteiger partial charge in [0.2, 0.25) is 0 Å². The van der Waals surface area contributed by atoms with Gasteiger partial charge in [0, 0.05) is 5.56 Å². The van der Waals surface area contributed by atoms with Gasteiger partial charge < -0.3 is 0 Å². The molecule has 0 unspecified atom stereocenters. The summed E-state index contributed by atoms with van der Waals surface area (Å²) in [5.74, 6) is 5.70. The molecule has 2 rings (SSSR count). The first-order valence-corrected chi connectivity index (χ1v) is 5.18. The van der Waals surface area contributed by atoms with Crippen molar-refractivity contribution in [1.82, 2.24) is 0 Å². The van der Waals surface area contributed by atoms with E-state index in [4.69, 9.17) is 10.5 Å². The van der Waals surface area contributed by atoms with Crippen LogP contribution in [-0.4, -0.2) is 0 Å². The Kier molecular flexibility index (Phi) is 2.63. The smallest absolute Gasteiger partial charge is 0.0966 e. The van der Waals surface area contributed by atoms with E-state index in [2.05, 4.69) is 17.9 Å². The van der Waals surface area contributed by atoms with Crippen molar-refractivity contribution >= 4 is 0 Å². The third kappa shape index (κ3) is 1.90. The molecule has 0 aromatic heterocycles. The molecule has 1 fully saturated rings. The lowest BCUT2D eigenvalue weighted by molar-refractivity contribution is 0.908. The first kappa shape index (κ1) is 10.3. The van der Waals surface area contributed by atoms with Gasteiger partial charge in [-0.05, 0) is 30.5 Å². The lowest BCUT2D eigenvalue weighted by Crippen LogP contribution is -2.02. The van der Waals surface area contributed by atoms with E-state index in [0.29, 0.717) is 0 Å². The maximum Gasteiger partial charge on any atom is 0.0966 e. The van der Waals surface area contributed by atoms with E-state index in [1.807, 2.05) is 30.3 Å². The number of nitrogens with zero attached hydrogens (tertiary/aromatic N) is 2. The van der Waals surface area contributed by atoms with Crippen LogP contribution in [0.3, 0.4) is 0 Å². The predicted octanol–water partition coefficient (Wildman–Crippen LogP) is 2.51. The molecule has 1 aliphatic rings. The van der Waals surface area contributed by atoms with Crippen molar-refractivity contribution < 1.29 is 0 Å². The molecule has 0 radical (unpaired) electrons. The highest BCUT2D eigenvalue weighted by Crippen LogP contribution is 2.47. The normalized spacial score (nSPS) is 15.1. The largest absolute Gasteiger partial charge is 0.197 e. The van der Waals surface area contributed by atoms with E-state index < -0.39 is 0 Å². The first-order chi connectivity index (χ1) is 7.80. The van der Waals surface area contributed by atoms with E-state index in [0.717, 1.165) is 24.0 Å². The summed E-state index contributed by atoms with van der Waals surface area (Å²) in [5, 5.41) is 17.5. The van der Waals surface area contributed by atoms with Crippen molar-refractivity contribution in [2.45, 2.75) is 24.7 Å². The van der Waals surface area contributed by atoms with Crippen LogP contribution in [0.5, 0.6) is 0 Å². The summed E-state index contributed by atoms with van der Waals surface area (Å²) in [6.45, 7) is 0. The minimum Gasteiger partial charge on any atom is -0.197 e. The number of hydrogen-bond donors (Lipinski definition) is 0. The molecule has 2 heteroatoms. The molecule has 0 saturated heterocycles. The zero-order chi connectivity index (χ0) is 11.4. The standard InChI is InChI=1S/C14H10N2/c15-9-2-1-4-12-5-3-6-13(10-12)14(11-16)7-8-14/h3,5-6,10H,2,7-8H2. The third-order valence-corrected chi connectivity index (χ3v) is 2.78. The summed E-state index contributed by atoms with van der Waals surface area (Å²) >= 11 is 0. The Morgan fingerprint density at radius 2 is 2.06 bits per heavy atom. The van der Waals surface area contributed by atoms with Crippen molar-refractivity contribution in [3.8, 4) is 24.0 Å². The second-order valence-corrected chi connectivity index (χ2v) is 3.91. The monoisotopic (exact) mass is 206 g/mol. The zero-order valence-electron chi connectivity index (χ0n) is 8.83. The molecule has 1 saturated carbocycles. The summed E-state index contributed by atoms with van der Waals surface area (Å²) < 4.78 is 0. The topological polar surface area (TPSA) is 47.6 Å². The summed E-state index contributed by atoms with van der Waals surface area (Å²) in [5.41, 5.74) is 1.68. The molecular weight excluding hydrogens is 196 g/mol. The minimum absolute atomic E-state index is 0.244. The van der Waals surface area contributed by atoms with Crippen LogP contribution in [0.15, 0.2) is 24.3 Å². The summed E-state index contributed by atoms with van der Waals surface area (Å²) in [6, 6.07) is 12.1. The van der Waals surface area contributed by atoms with Gasteiger partial charge in [-0.15, -0.1) is 0 Å². The molecule has 0 atom stereocenters. The van der Waals surface area contributed by atoms with Crippen molar-refractivity contribution in [3.63, 3.8) is 0 Å². The molecule has 76 valence electrons. The van der Waals surface area contributed by atoms with Crippen LogP contribution in [0.2, 0.25) is 0 Å². The average molecular weight is 206 g/mol. The molecule has 0 heterocycles. The van der Waals surface area contributed by atoms with Crippen LogP contribution in [0.25, 0.3) is 0 Å². The Morgan fingerprint density at radius 3 is 2.69 bits per heavy atom. The number of hydrogen-bond acceptors (Lipinski definition) is 2. The lowest BCUT2D eigenvalue weighted by atomic mass is 9.96. The highest BCUT2D eigenvalue weighted by Gasteiger charge is 2.44. The van der Waals surface area contributed by atoms with E-state index in [1.54, 1.807) is 0 Å². The first-order valence-electron chi connectivity index (χ1n) is 5.18. The molecule has 0 N–H and O–H groups in total. The summed E-state index contributed by atoms with van der Waals surface area (Å²) in [7, 11) is 0. The van der Waals surface area contributed by atoms with Crippen LogP contribution in [0.1, 0.15) is 30.4 Å². The Hall–Kier alpha value is -2.24. The van der Waals surface area contributed by atoms with Gasteiger partial charge in [-0.25, -0.2) is 0 Å². The maximum atomic E-state index is 9.09. The van der Waals surface area contributed by atoms with Crippen LogP contribution < -0.4 is 0 Å². The Labute approximate surface area is 95.1 Å². The predicted molar refractivity (Wildman–Crippen MR) is 60.1 cm³/mol. The highest BCUT2D eigenvalue weighted by atomic mass is 14.5. The molecule has 2 nitrogen and oxygen atoms in total. The van der Waals surface area contributed by atoms with Crippen LogP contribution in [0.4, 0.5) is 0 Å². The second kappa shape index (κ2) is 4.09. The van der Waals surface area contributed by atoms with Gasteiger partial charge >= 0.3 is 0 Å². The van der Waals surface area contributed by atoms with Crippen LogP contribution >= 0.6 is 0 Å². The Morgan fingerprint density at radius 1 is 1.25 bits per heavy atom. The fraction of sp³-hybridized carbons (Fsp3) is 0.286. The quantitative estimate of drug-likeness (QED) is 0.663. The van der Waals surface area contributed by atoms with Crippen LogP contribution in [-0.2, 0) is 5.41 Å². The van der Waals surface area contributed by atoms with Crippen LogP contribution in [0, 0.1) is 34.5 Å². The zero-order valence-corrected chi connectivity index (χ0v) is 8.83. The second-order valence-electron chi connectivity index (χ2n) is 3.91. The summed E-state index contributed by atoms with van der Waals surface area (Å²) in [4.78, 5) is 0. The SMILES string of the molecule is N#CCC#Cc1cccc(C2(C#N)CC2)c1. The average Bonchev–Trinajstić information content (AvgIpc) is 3.11. The van der Waals surface area contributed by atoms with Crippen molar-refractivity contribution in [2.24, 2.45) is 0 Å². The number of rotatable bonds is 1. The molecular formula is C14H10N2. The van der Waals surface area contributed by atoms with E-state index in [1.165, 1.54) is 0 Å². The lowest BCUT2D eigenvalue weighted by Gasteiger charge is -2.05. The van der Waals surface area contributed by atoms with Crippen molar-refractivity contribution in [1.29, 1.82) is 10.5 Å². The fourth-order valence-corrected chi connectivity index (χ4v) is 1.67. The fourth-order valence-electron chi connectivity index (χ4n) is 1.67. The molecule has 1 aromatic carbocycles. The van der Waals surface area contributed by atoms with E-state index >= 15 is 0 Å². The molecule has 16 heavy (non-hydrogen) atoms. The maximum absolute atomic E-state index is 9.09. The molecule has 0 amide bonds. The van der Waals surface area contributed by atoms with Gasteiger partial charge in [-0.2, -0.15) is 10.5 Å². The van der Waals surface area contributed by atoms with E-state index in [-0.39, 0.29) is 11.8 Å². The van der Waals surface area contributed by atoms with Gasteiger partial charge in [-0.1, -0.05) is 24.0 Å².